The van der Waals surface area contributed by atoms with Gasteiger partial charge in [-0.3, -0.25) is 0 Å². The van der Waals surface area contributed by atoms with E-state index in [1.54, 1.807) is 12.3 Å². The van der Waals surface area contributed by atoms with E-state index in [1.165, 1.54) is 7.11 Å². The first-order valence-electron chi connectivity index (χ1n) is 6.26. The third-order valence-electron chi connectivity index (χ3n) is 3.09. The molecule has 2 unspecified atom stereocenters. The van der Waals surface area contributed by atoms with Crippen LogP contribution >= 0.6 is 11.8 Å². The minimum Gasteiger partial charge on any atom is -0.465 e. The molecule has 0 aliphatic carbocycles. The van der Waals surface area contributed by atoms with Crippen molar-refractivity contribution < 1.29 is 9.53 Å². The van der Waals surface area contributed by atoms with Crippen LogP contribution < -0.4 is 10.6 Å². The Hall–Kier alpha value is -1.43. The summed E-state index contributed by atoms with van der Waals surface area (Å²) in [7, 11) is 1.35. The third kappa shape index (κ3) is 2.94. The van der Waals surface area contributed by atoms with Crippen LogP contribution in [0, 0.1) is 0 Å². The average molecular weight is 281 g/mol. The van der Waals surface area contributed by atoms with Gasteiger partial charge in [0.1, 0.15) is 0 Å². The number of esters is 1. The minimum absolute atomic E-state index is 0.381. The van der Waals surface area contributed by atoms with E-state index in [0.717, 1.165) is 13.1 Å². The molecule has 2 atom stereocenters. The van der Waals surface area contributed by atoms with Crippen LogP contribution in [0.1, 0.15) is 24.2 Å². The van der Waals surface area contributed by atoms with Crippen molar-refractivity contribution in [3.63, 3.8) is 0 Å². The number of anilines is 2. The normalized spacial score (nSPS) is 23.2. The summed E-state index contributed by atoms with van der Waals surface area (Å²) in [5.74, 6) is 0.260. The highest BCUT2D eigenvalue weighted by atomic mass is 32.2. The van der Waals surface area contributed by atoms with Gasteiger partial charge in [-0.25, -0.2) is 9.78 Å². The van der Waals surface area contributed by atoms with Gasteiger partial charge in [-0.05, 0) is 6.07 Å². The molecule has 0 bridgehead atoms. The molecule has 2 heterocycles. The van der Waals surface area contributed by atoms with Crippen LogP contribution in [0.4, 0.5) is 11.5 Å². The first-order valence-corrected chi connectivity index (χ1v) is 7.20. The van der Waals surface area contributed by atoms with Crippen LogP contribution in [-0.4, -0.2) is 41.7 Å². The first kappa shape index (κ1) is 14.0. The van der Waals surface area contributed by atoms with E-state index in [-0.39, 0.29) is 0 Å². The number of hydrogen-bond acceptors (Lipinski definition) is 6. The van der Waals surface area contributed by atoms with E-state index in [9.17, 15) is 4.79 Å². The van der Waals surface area contributed by atoms with E-state index >= 15 is 0 Å². The molecule has 1 aliphatic heterocycles. The van der Waals surface area contributed by atoms with Crippen molar-refractivity contribution in [2.24, 2.45) is 0 Å². The summed E-state index contributed by atoms with van der Waals surface area (Å²) in [4.78, 5) is 18.1. The van der Waals surface area contributed by atoms with Crippen molar-refractivity contribution >= 4 is 29.2 Å². The zero-order valence-corrected chi connectivity index (χ0v) is 12.2. The number of rotatable bonds is 2. The molecule has 5 nitrogen and oxygen atoms in total. The number of nitrogens with zero attached hydrogens (tertiary/aromatic N) is 2. The highest BCUT2D eigenvalue weighted by Gasteiger charge is 2.26. The molecule has 1 saturated heterocycles. The van der Waals surface area contributed by atoms with Gasteiger partial charge in [0.25, 0.3) is 0 Å². The number of carbonyl (C=O) groups excluding carboxylic acids is 1. The Labute approximate surface area is 117 Å². The number of pyridine rings is 1. The molecule has 104 valence electrons. The molecule has 0 aromatic carbocycles. The van der Waals surface area contributed by atoms with Crippen LogP contribution in [0.5, 0.6) is 0 Å². The van der Waals surface area contributed by atoms with Gasteiger partial charge in [0.05, 0.1) is 18.4 Å². The monoisotopic (exact) mass is 281 g/mol. The van der Waals surface area contributed by atoms with Gasteiger partial charge >= 0.3 is 5.97 Å². The van der Waals surface area contributed by atoms with E-state index in [1.807, 2.05) is 11.8 Å². The van der Waals surface area contributed by atoms with Crippen molar-refractivity contribution in [1.29, 1.82) is 0 Å². The molecule has 0 radical (unpaired) electrons. The maximum absolute atomic E-state index is 11.6. The van der Waals surface area contributed by atoms with Crippen LogP contribution in [0.25, 0.3) is 0 Å². The summed E-state index contributed by atoms with van der Waals surface area (Å²) < 4.78 is 4.73. The van der Waals surface area contributed by atoms with Gasteiger partial charge in [0.15, 0.2) is 5.82 Å². The Morgan fingerprint density at radius 3 is 2.68 bits per heavy atom. The standard InChI is InChI=1S/C13H19N3O2S/c1-8-6-16(7-9(2)19-8)12-11(14)10(4-5-15-12)13(17)18-3/h4-5,8-9H,6-7,14H2,1-3H3. The summed E-state index contributed by atoms with van der Waals surface area (Å²) in [5.41, 5.74) is 6.85. The SMILES string of the molecule is COC(=O)c1ccnc(N2CC(C)SC(C)C2)c1N. The Morgan fingerprint density at radius 2 is 2.11 bits per heavy atom. The molecule has 1 aliphatic rings. The topological polar surface area (TPSA) is 68.5 Å². The first-order chi connectivity index (χ1) is 9.02. The lowest BCUT2D eigenvalue weighted by molar-refractivity contribution is 0.0602. The minimum atomic E-state index is -0.423. The van der Waals surface area contributed by atoms with Crippen LogP contribution in [0.2, 0.25) is 0 Å². The fourth-order valence-corrected chi connectivity index (χ4v) is 3.68. The van der Waals surface area contributed by atoms with Gasteiger partial charge in [-0.2, -0.15) is 11.8 Å². The molecule has 0 spiro atoms. The van der Waals surface area contributed by atoms with Crippen molar-refractivity contribution in [2.75, 3.05) is 30.8 Å². The molecular formula is C13H19N3O2S. The number of hydrogen-bond donors (Lipinski definition) is 1. The van der Waals surface area contributed by atoms with Crippen molar-refractivity contribution in [1.82, 2.24) is 4.98 Å². The number of methoxy groups -OCH3 is 1. The smallest absolute Gasteiger partial charge is 0.340 e. The Morgan fingerprint density at radius 1 is 1.47 bits per heavy atom. The Bertz CT molecular complexity index is 471. The van der Waals surface area contributed by atoms with E-state index in [0.29, 0.717) is 27.6 Å². The van der Waals surface area contributed by atoms with Gasteiger partial charge in [0.2, 0.25) is 0 Å². The number of carbonyl (C=O) groups is 1. The second-order valence-electron chi connectivity index (χ2n) is 4.75. The van der Waals surface area contributed by atoms with Crippen LogP contribution in [0.15, 0.2) is 12.3 Å². The van der Waals surface area contributed by atoms with Crippen molar-refractivity contribution in [3.05, 3.63) is 17.8 Å². The molecule has 6 heteroatoms. The summed E-state index contributed by atoms with van der Waals surface area (Å²) >= 11 is 1.96. The lowest BCUT2D eigenvalue weighted by Gasteiger charge is -2.36. The maximum Gasteiger partial charge on any atom is 0.340 e. The molecule has 2 rings (SSSR count). The lowest BCUT2D eigenvalue weighted by Crippen LogP contribution is -2.41. The molecule has 1 aromatic heterocycles. The zero-order valence-electron chi connectivity index (χ0n) is 11.4. The highest BCUT2D eigenvalue weighted by molar-refractivity contribution is 8.00. The summed E-state index contributed by atoms with van der Waals surface area (Å²) in [6.07, 6.45) is 1.61. The molecule has 2 N–H and O–H groups in total. The summed E-state index contributed by atoms with van der Waals surface area (Å²) in [6, 6.07) is 1.59. The Balaban J connectivity index is 2.32. The second kappa shape index (κ2) is 5.69. The Kier molecular flexibility index (Phi) is 4.19. The number of aromatic nitrogens is 1. The van der Waals surface area contributed by atoms with Crippen LogP contribution in [0.3, 0.4) is 0 Å². The lowest BCUT2D eigenvalue weighted by atomic mass is 10.2. The van der Waals surface area contributed by atoms with E-state index < -0.39 is 5.97 Å². The van der Waals surface area contributed by atoms with E-state index in [4.69, 9.17) is 10.5 Å². The quantitative estimate of drug-likeness (QED) is 0.833. The molecule has 1 aromatic rings. The maximum atomic E-state index is 11.6. The van der Waals surface area contributed by atoms with Gasteiger partial charge in [-0.15, -0.1) is 0 Å². The number of nitrogen functional groups attached to an aromatic ring is 1. The number of nitrogens with two attached hydrogens (primary N) is 1. The van der Waals surface area contributed by atoms with E-state index in [2.05, 4.69) is 23.7 Å². The average Bonchev–Trinajstić information content (AvgIpc) is 2.37. The molecule has 0 saturated carbocycles. The van der Waals surface area contributed by atoms with Crippen molar-refractivity contribution in [2.45, 2.75) is 24.3 Å². The number of thioether (sulfide) groups is 1. The molecule has 1 fully saturated rings. The predicted molar refractivity (Wildman–Crippen MR) is 78.7 cm³/mol. The fourth-order valence-electron chi connectivity index (χ4n) is 2.35. The summed E-state index contributed by atoms with van der Waals surface area (Å²) in [6.45, 7) is 6.15. The zero-order chi connectivity index (χ0) is 14.0. The van der Waals surface area contributed by atoms with Gasteiger partial charge in [0, 0.05) is 29.8 Å². The largest absolute Gasteiger partial charge is 0.465 e. The summed E-state index contributed by atoms with van der Waals surface area (Å²) in [5, 5.41) is 1.04. The third-order valence-corrected chi connectivity index (χ3v) is 4.32. The number of ether oxygens (including phenoxy) is 1. The van der Waals surface area contributed by atoms with Crippen molar-refractivity contribution in [3.8, 4) is 0 Å². The molecule has 19 heavy (non-hydrogen) atoms. The van der Waals surface area contributed by atoms with Gasteiger partial charge < -0.3 is 15.4 Å². The fraction of sp³-hybridized carbons (Fsp3) is 0.538. The highest BCUT2D eigenvalue weighted by Crippen LogP contribution is 2.31. The second-order valence-corrected chi connectivity index (χ2v) is 6.63. The molecular weight excluding hydrogens is 262 g/mol. The molecule has 0 amide bonds. The van der Waals surface area contributed by atoms with Crippen LogP contribution in [-0.2, 0) is 4.74 Å². The van der Waals surface area contributed by atoms with Gasteiger partial charge in [-0.1, -0.05) is 13.8 Å². The predicted octanol–water partition coefficient (Wildman–Crippen LogP) is 1.78.